The molecule has 114 valence electrons. The monoisotopic (exact) mass is 290 g/mol. The maximum atomic E-state index is 12.5. The summed E-state index contributed by atoms with van der Waals surface area (Å²) in [7, 11) is 0. The molecule has 2 unspecified atom stereocenters. The molecule has 1 saturated carbocycles. The molecule has 1 aliphatic carbocycles. The fourth-order valence-electron chi connectivity index (χ4n) is 3.31. The number of carbonyl (C=O) groups excluding carboxylic acids is 1. The highest BCUT2D eigenvalue weighted by molar-refractivity contribution is 5.86. The highest BCUT2D eigenvalue weighted by Gasteiger charge is 2.37. The fourth-order valence-corrected chi connectivity index (χ4v) is 3.31. The van der Waals surface area contributed by atoms with Gasteiger partial charge >= 0.3 is 0 Å². The lowest BCUT2D eigenvalue weighted by molar-refractivity contribution is -0.123. The molecule has 1 aliphatic heterocycles. The molecule has 2 heterocycles. The number of hydrogen-bond acceptors (Lipinski definition) is 5. The van der Waals surface area contributed by atoms with E-state index in [0.717, 1.165) is 12.8 Å². The van der Waals surface area contributed by atoms with Crippen LogP contribution in [0.2, 0.25) is 0 Å². The lowest BCUT2D eigenvalue weighted by Crippen LogP contribution is -2.47. The quantitative estimate of drug-likeness (QED) is 0.863. The molecule has 0 spiro atoms. The van der Waals surface area contributed by atoms with Gasteiger partial charge in [0, 0.05) is 25.2 Å². The van der Waals surface area contributed by atoms with Crippen LogP contribution in [0.15, 0.2) is 18.6 Å². The van der Waals surface area contributed by atoms with Crippen LogP contribution in [0.5, 0.6) is 0 Å². The number of carbonyl (C=O) groups is 1. The van der Waals surface area contributed by atoms with E-state index in [1.807, 2.05) is 4.90 Å². The maximum absolute atomic E-state index is 12.5. The van der Waals surface area contributed by atoms with Crippen LogP contribution in [-0.4, -0.2) is 45.7 Å². The van der Waals surface area contributed by atoms with Crippen molar-refractivity contribution in [1.82, 2.24) is 15.3 Å². The van der Waals surface area contributed by atoms with Crippen molar-refractivity contribution in [1.29, 1.82) is 0 Å². The van der Waals surface area contributed by atoms with E-state index in [1.54, 1.807) is 12.3 Å². The number of aliphatic hydroxyl groups excluding tert-OH is 1. The number of aromatic nitrogens is 2. The third-order valence-corrected chi connectivity index (χ3v) is 4.39. The van der Waals surface area contributed by atoms with Crippen molar-refractivity contribution < 1.29 is 9.90 Å². The maximum Gasteiger partial charge on any atom is 0.243 e. The second-order valence-electron chi connectivity index (χ2n) is 5.97. The Morgan fingerprint density at radius 3 is 2.86 bits per heavy atom. The SMILES string of the molecule is O=C(NC1CCCCC1)C1CC(O)CN1c1ccncn1. The Kier molecular flexibility index (Phi) is 4.34. The average molecular weight is 290 g/mol. The predicted octanol–water partition coefficient (Wildman–Crippen LogP) is 0.865. The van der Waals surface area contributed by atoms with Gasteiger partial charge in [-0.2, -0.15) is 0 Å². The molecule has 6 nitrogen and oxygen atoms in total. The molecule has 2 aliphatic rings. The molecule has 3 rings (SSSR count). The number of β-amino-alcohol motifs (C(OH)–C–C–N with tert-alkyl or cyclic N) is 1. The van der Waals surface area contributed by atoms with Crippen molar-refractivity contribution >= 4 is 11.7 Å². The minimum absolute atomic E-state index is 0.0112. The van der Waals surface area contributed by atoms with Gasteiger partial charge in [0.25, 0.3) is 0 Å². The number of anilines is 1. The minimum Gasteiger partial charge on any atom is -0.391 e. The molecule has 21 heavy (non-hydrogen) atoms. The summed E-state index contributed by atoms with van der Waals surface area (Å²) in [5, 5.41) is 13.1. The second-order valence-corrected chi connectivity index (χ2v) is 5.97. The van der Waals surface area contributed by atoms with Crippen LogP contribution in [0.4, 0.5) is 5.82 Å². The molecule has 2 atom stereocenters. The van der Waals surface area contributed by atoms with Gasteiger partial charge < -0.3 is 15.3 Å². The van der Waals surface area contributed by atoms with Crippen molar-refractivity contribution in [2.45, 2.75) is 56.7 Å². The van der Waals surface area contributed by atoms with Crippen molar-refractivity contribution in [3.63, 3.8) is 0 Å². The molecule has 2 N–H and O–H groups in total. The standard InChI is InChI=1S/C15H22N4O2/c20-12-8-13(15(21)18-11-4-2-1-3-5-11)19(9-12)14-6-7-16-10-17-14/h6-7,10-13,20H,1-5,8-9H2,(H,18,21). The summed E-state index contributed by atoms with van der Waals surface area (Å²) < 4.78 is 0. The number of aliphatic hydroxyl groups is 1. The zero-order chi connectivity index (χ0) is 14.7. The molecule has 6 heteroatoms. The first-order valence-electron chi connectivity index (χ1n) is 7.75. The lowest BCUT2D eigenvalue weighted by atomic mass is 9.95. The van der Waals surface area contributed by atoms with E-state index in [4.69, 9.17) is 0 Å². The summed E-state index contributed by atoms with van der Waals surface area (Å²) in [5.41, 5.74) is 0. The van der Waals surface area contributed by atoms with Gasteiger partial charge in [0.05, 0.1) is 6.10 Å². The zero-order valence-electron chi connectivity index (χ0n) is 12.1. The molecular formula is C15H22N4O2. The number of nitrogens with zero attached hydrogens (tertiary/aromatic N) is 3. The van der Waals surface area contributed by atoms with Gasteiger partial charge in [-0.3, -0.25) is 4.79 Å². The summed E-state index contributed by atoms with van der Waals surface area (Å²) in [6.45, 7) is 0.444. The smallest absolute Gasteiger partial charge is 0.243 e. The van der Waals surface area contributed by atoms with Crippen molar-refractivity contribution in [3.8, 4) is 0 Å². The van der Waals surface area contributed by atoms with Gasteiger partial charge in [-0.15, -0.1) is 0 Å². The van der Waals surface area contributed by atoms with E-state index in [-0.39, 0.29) is 18.0 Å². The molecule has 0 aromatic carbocycles. The first-order valence-corrected chi connectivity index (χ1v) is 7.75. The van der Waals surface area contributed by atoms with Gasteiger partial charge in [0.1, 0.15) is 18.2 Å². The molecule has 1 aromatic heterocycles. The molecular weight excluding hydrogens is 268 g/mol. The Balaban J connectivity index is 1.68. The summed E-state index contributed by atoms with van der Waals surface area (Å²) in [4.78, 5) is 22.5. The van der Waals surface area contributed by atoms with Crippen molar-refractivity contribution in [2.24, 2.45) is 0 Å². The Morgan fingerprint density at radius 1 is 1.33 bits per heavy atom. The summed E-state index contributed by atoms with van der Waals surface area (Å²) in [5.74, 6) is 0.711. The van der Waals surface area contributed by atoms with Crippen LogP contribution in [0.25, 0.3) is 0 Å². The highest BCUT2D eigenvalue weighted by atomic mass is 16.3. The number of hydrogen-bond donors (Lipinski definition) is 2. The van der Waals surface area contributed by atoms with Crippen LogP contribution >= 0.6 is 0 Å². The fraction of sp³-hybridized carbons (Fsp3) is 0.667. The molecule has 1 aromatic rings. The number of rotatable bonds is 3. The zero-order valence-corrected chi connectivity index (χ0v) is 12.1. The van der Waals surface area contributed by atoms with Crippen LogP contribution in [-0.2, 0) is 4.79 Å². The van der Waals surface area contributed by atoms with Crippen molar-refractivity contribution in [3.05, 3.63) is 18.6 Å². The largest absolute Gasteiger partial charge is 0.391 e. The first-order chi connectivity index (χ1) is 10.2. The van der Waals surface area contributed by atoms with Gasteiger partial charge in [0.15, 0.2) is 0 Å². The lowest BCUT2D eigenvalue weighted by Gasteiger charge is -2.28. The Morgan fingerprint density at radius 2 is 2.14 bits per heavy atom. The van der Waals surface area contributed by atoms with Crippen LogP contribution in [0.1, 0.15) is 38.5 Å². The van der Waals surface area contributed by atoms with Gasteiger partial charge in [-0.25, -0.2) is 9.97 Å². The molecule has 1 saturated heterocycles. The Hall–Kier alpha value is -1.69. The molecule has 0 bridgehead atoms. The van der Waals surface area contributed by atoms with E-state index in [2.05, 4.69) is 15.3 Å². The van der Waals surface area contributed by atoms with Crippen molar-refractivity contribution in [2.75, 3.05) is 11.4 Å². The topological polar surface area (TPSA) is 78.4 Å². The van der Waals surface area contributed by atoms with Crippen LogP contribution in [0.3, 0.4) is 0 Å². The van der Waals surface area contributed by atoms with E-state index >= 15 is 0 Å². The van der Waals surface area contributed by atoms with E-state index < -0.39 is 6.10 Å². The highest BCUT2D eigenvalue weighted by Crippen LogP contribution is 2.25. The van der Waals surface area contributed by atoms with E-state index in [1.165, 1.54) is 25.6 Å². The third kappa shape index (κ3) is 3.32. The van der Waals surface area contributed by atoms with Gasteiger partial charge in [-0.1, -0.05) is 19.3 Å². The van der Waals surface area contributed by atoms with E-state index in [9.17, 15) is 9.90 Å². The Bertz CT molecular complexity index is 476. The molecule has 1 amide bonds. The summed E-state index contributed by atoms with van der Waals surface area (Å²) in [6, 6.07) is 1.73. The summed E-state index contributed by atoms with van der Waals surface area (Å²) >= 11 is 0. The molecule has 2 fully saturated rings. The Labute approximate surface area is 124 Å². The van der Waals surface area contributed by atoms with Crippen LogP contribution < -0.4 is 10.2 Å². The first kappa shape index (κ1) is 14.3. The normalized spacial score (nSPS) is 26.8. The van der Waals surface area contributed by atoms with E-state index in [0.29, 0.717) is 18.8 Å². The minimum atomic E-state index is -0.484. The summed E-state index contributed by atoms with van der Waals surface area (Å²) in [6.07, 6.45) is 8.87. The second kappa shape index (κ2) is 6.39. The average Bonchev–Trinajstić information content (AvgIpc) is 2.91. The number of amides is 1. The van der Waals surface area contributed by atoms with Gasteiger partial charge in [0.2, 0.25) is 5.91 Å². The molecule has 0 radical (unpaired) electrons. The number of nitrogens with one attached hydrogen (secondary N) is 1. The predicted molar refractivity (Wildman–Crippen MR) is 78.8 cm³/mol. The van der Waals surface area contributed by atoms with Gasteiger partial charge in [-0.05, 0) is 18.9 Å². The van der Waals surface area contributed by atoms with Crippen LogP contribution in [0, 0.1) is 0 Å². The third-order valence-electron chi connectivity index (χ3n) is 4.39.